The van der Waals surface area contributed by atoms with Crippen molar-refractivity contribution >= 4 is 5.91 Å². The zero-order valence-electron chi connectivity index (χ0n) is 13.0. The van der Waals surface area contributed by atoms with Crippen LogP contribution in [0.4, 0.5) is 0 Å². The molecule has 0 unspecified atom stereocenters. The molecule has 0 atom stereocenters. The summed E-state index contributed by atoms with van der Waals surface area (Å²) in [6, 6.07) is 11.4. The van der Waals surface area contributed by atoms with Crippen LogP contribution in [0.2, 0.25) is 0 Å². The molecule has 1 aromatic carbocycles. The number of hydrogen-bond donors (Lipinski definition) is 1. The smallest absolute Gasteiger partial charge is 0.287 e. The van der Waals surface area contributed by atoms with Crippen LogP contribution >= 0.6 is 0 Å². The molecule has 1 heterocycles. The molecule has 0 saturated carbocycles. The fraction of sp³-hybridized carbons (Fsp3) is 0.278. The van der Waals surface area contributed by atoms with Gasteiger partial charge in [0, 0.05) is 6.54 Å². The summed E-state index contributed by atoms with van der Waals surface area (Å²) in [6.07, 6.45) is 1.62. The van der Waals surface area contributed by atoms with E-state index in [1.807, 2.05) is 12.1 Å². The fourth-order valence-corrected chi connectivity index (χ4v) is 1.93. The molecule has 0 radical (unpaired) electrons. The van der Waals surface area contributed by atoms with Crippen molar-refractivity contribution < 1.29 is 13.9 Å². The van der Waals surface area contributed by atoms with Crippen LogP contribution in [0.15, 0.2) is 53.5 Å². The van der Waals surface area contributed by atoms with Crippen molar-refractivity contribution in [2.75, 3.05) is 6.54 Å². The Morgan fingerprint density at radius 2 is 2.00 bits per heavy atom. The molecule has 1 amide bonds. The van der Waals surface area contributed by atoms with Gasteiger partial charge in [-0.1, -0.05) is 32.1 Å². The Morgan fingerprint density at radius 1 is 1.27 bits per heavy atom. The van der Waals surface area contributed by atoms with Crippen LogP contribution in [-0.2, 0) is 6.61 Å². The standard InChI is InChI=1S/C18H21NO3/c1-4-11-19-18(20)17-10-9-16(22-17)12-21-15-7-5-14(6-8-15)13(2)3/h4-10,13H,1,11-12H2,2-3H3,(H,19,20). The SMILES string of the molecule is C=CCNC(=O)c1ccc(COc2ccc(C(C)C)cc2)o1. The van der Waals surface area contributed by atoms with E-state index in [1.165, 1.54) is 5.56 Å². The van der Waals surface area contributed by atoms with E-state index < -0.39 is 0 Å². The zero-order valence-corrected chi connectivity index (χ0v) is 13.0. The van der Waals surface area contributed by atoms with Gasteiger partial charge >= 0.3 is 0 Å². The van der Waals surface area contributed by atoms with Gasteiger partial charge in [0.05, 0.1) is 0 Å². The summed E-state index contributed by atoms with van der Waals surface area (Å²) in [5.74, 6) is 1.90. The van der Waals surface area contributed by atoms with Crippen LogP contribution in [0.1, 0.15) is 41.6 Å². The largest absolute Gasteiger partial charge is 0.486 e. The Kier molecular flexibility index (Phi) is 5.42. The highest BCUT2D eigenvalue weighted by atomic mass is 16.5. The van der Waals surface area contributed by atoms with Crippen LogP contribution in [-0.4, -0.2) is 12.5 Å². The van der Waals surface area contributed by atoms with E-state index in [-0.39, 0.29) is 18.3 Å². The summed E-state index contributed by atoms with van der Waals surface area (Å²) in [5, 5.41) is 2.66. The maximum atomic E-state index is 11.7. The monoisotopic (exact) mass is 299 g/mol. The van der Waals surface area contributed by atoms with E-state index in [4.69, 9.17) is 9.15 Å². The third kappa shape index (κ3) is 4.25. The predicted molar refractivity (Wildman–Crippen MR) is 86.1 cm³/mol. The van der Waals surface area contributed by atoms with Crippen molar-refractivity contribution in [3.63, 3.8) is 0 Å². The van der Waals surface area contributed by atoms with Crippen molar-refractivity contribution in [1.29, 1.82) is 0 Å². The molecule has 2 rings (SSSR count). The Morgan fingerprint density at radius 3 is 2.64 bits per heavy atom. The summed E-state index contributed by atoms with van der Waals surface area (Å²) in [6.45, 7) is 8.54. The third-order valence-electron chi connectivity index (χ3n) is 3.22. The minimum Gasteiger partial charge on any atom is -0.486 e. The van der Waals surface area contributed by atoms with E-state index in [9.17, 15) is 4.79 Å². The predicted octanol–water partition coefficient (Wildman–Crippen LogP) is 3.90. The van der Waals surface area contributed by atoms with Crippen molar-refractivity contribution in [2.45, 2.75) is 26.4 Å². The Balaban J connectivity index is 1.90. The van der Waals surface area contributed by atoms with Crippen LogP contribution in [0.25, 0.3) is 0 Å². The van der Waals surface area contributed by atoms with E-state index in [1.54, 1.807) is 18.2 Å². The average Bonchev–Trinajstić information content (AvgIpc) is 3.00. The number of benzene rings is 1. The number of hydrogen-bond acceptors (Lipinski definition) is 3. The molecular formula is C18H21NO3. The Bertz CT molecular complexity index is 626. The van der Waals surface area contributed by atoms with Crippen molar-refractivity contribution in [2.24, 2.45) is 0 Å². The van der Waals surface area contributed by atoms with Gasteiger partial charge in [-0.05, 0) is 35.7 Å². The van der Waals surface area contributed by atoms with Gasteiger partial charge in [-0.2, -0.15) is 0 Å². The van der Waals surface area contributed by atoms with Gasteiger partial charge in [0.25, 0.3) is 5.91 Å². The molecule has 0 aliphatic carbocycles. The van der Waals surface area contributed by atoms with Gasteiger partial charge in [-0.25, -0.2) is 0 Å². The number of carbonyl (C=O) groups is 1. The van der Waals surface area contributed by atoms with Crippen molar-refractivity contribution in [1.82, 2.24) is 5.32 Å². The lowest BCUT2D eigenvalue weighted by Crippen LogP contribution is -2.22. The number of rotatable bonds is 7. The van der Waals surface area contributed by atoms with Crippen molar-refractivity contribution in [3.8, 4) is 5.75 Å². The molecule has 0 aliphatic heterocycles. The normalized spacial score (nSPS) is 10.5. The lowest BCUT2D eigenvalue weighted by atomic mass is 10.0. The maximum Gasteiger partial charge on any atom is 0.287 e. The highest BCUT2D eigenvalue weighted by Gasteiger charge is 2.10. The molecule has 22 heavy (non-hydrogen) atoms. The van der Waals surface area contributed by atoms with Gasteiger partial charge < -0.3 is 14.5 Å². The summed E-state index contributed by atoms with van der Waals surface area (Å²) >= 11 is 0. The molecule has 0 saturated heterocycles. The first-order valence-corrected chi connectivity index (χ1v) is 7.30. The maximum absolute atomic E-state index is 11.7. The highest BCUT2D eigenvalue weighted by Crippen LogP contribution is 2.19. The quantitative estimate of drug-likeness (QED) is 0.789. The van der Waals surface area contributed by atoms with Crippen LogP contribution in [0.5, 0.6) is 5.75 Å². The molecule has 4 heteroatoms. The number of ether oxygens (including phenoxy) is 1. The van der Waals surface area contributed by atoms with E-state index in [2.05, 4.69) is 37.9 Å². The lowest BCUT2D eigenvalue weighted by Gasteiger charge is -2.07. The van der Waals surface area contributed by atoms with E-state index in [0.717, 1.165) is 5.75 Å². The topological polar surface area (TPSA) is 51.5 Å². The van der Waals surface area contributed by atoms with Crippen molar-refractivity contribution in [3.05, 3.63) is 66.1 Å². The molecule has 0 aliphatic rings. The average molecular weight is 299 g/mol. The van der Waals surface area contributed by atoms with Gasteiger partial charge in [0.2, 0.25) is 0 Å². The van der Waals surface area contributed by atoms with Gasteiger partial charge in [0.1, 0.15) is 18.1 Å². The Labute approximate surface area is 130 Å². The van der Waals surface area contributed by atoms with E-state index in [0.29, 0.717) is 18.2 Å². The van der Waals surface area contributed by atoms with Gasteiger partial charge in [0.15, 0.2) is 5.76 Å². The van der Waals surface area contributed by atoms with E-state index >= 15 is 0 Å². The second-order valence-electron chi connectivity index (χ2n) is 5.28. The molecule has 2 aromatic rings. The first-order chi connectivity index (χ1) is 10.6. The molecule has 116 valence electrons. The number of amides is 1. The molecule has 0 spiro atoms. The molecule has 0 fully saturated rings. The molecule has 1 aromatic heterocycles. The van der Waals surface area contributed by atoms with Crippen LogP contribution < -0.4 is 10.1 Å². The lowest BCUT2D eigenvalue weighted by molar-refractivity contribution is 0.0926. The molecule has 1 N–H and O–H groups in total. The summed E-state index contributed by atoms with van der Waals surface area (Å²) in [4.78, 5) is 11.7. The molecular weight excluding hydrogens is 278 g/mol. The van der Waals surface area contributed by atoms with Gasteiger partial charge in [-0.3, -0.25) is 4.79 Å². The Hall–Kier alpha value is -2.49. The third-order valence-corrected chi connectivity index (χ3v) is 3.22. The number of furan rings is 1. The minimum absolute atomic E-state index is 0.257. The first-order valence-electron chi connectivity index (χ1n) is 7.30. The summed E-state index contributed by atoms with van der Waals surface area (Å²) in [7, 11) is 0. The second-order valence-corrected chi connectivity index (χ2v) is 5.28. The van der Waals surface area contributed by atoms with Crippen LogP contribution in [0, 0.1) is 0 Å². The van der Waals surface area contributed by atoms with Crippen LogP contribution in [0.3, 0.4) is 0 Å². The fourth-order valence-electron chi connectivity index (χ4n) is 1.93. The number of carbonyl (C=O) groups excluding carboxylic acids is 1. The highest BCUT2D eigenvalue weighted by molar-refractivity contribution is 5.91. The second kappa shape index (κ2) is 7.50. The minimum atomic E-state index is -0.257. The summed E-state index contributed by atoms with van der Waals surface area (Å²) in [5.41, 5.74) is 1.27. The first kappa shape index (κ1) is 15.9. The zero-order chi connectivity index (χ0) is 15.9. The summed E-state index contributed by atoms with van der Waals surface area (Å²) < 4.78 is 11.1. The van der Waals surface area contributed by atoms with Gasteiger partial charge in [-0.15, -0.1) is 6.58 Å². The molecule has 4 nitrogen and oxygen atoms in total. The number of nitrogens with one attached hydrogen (secondary N) is 1. The molecule has 0 bridgehead atoms.